The number of nitrogens with zero attached hydrogens (tertiary/aromatic N) is 1. The zero-order chi connectivity index (χ0) is 34.1. The summed E-state index contributed by atoms with van der Waals surface area (Å²) < 4.78 is 6.90. The zero-order valence-corrected chi connectivity index (χ0v) is 28.6. The largest absolute Gasteiger partial charge is 0.454 e. The topological polar surface area (TPSA) is 16.4 Å². The highest BCUT2D eigenvalue weighted by Gasteiger charge is 2.37. The Kier molecular flexibility index (Phi) is 6.56. The van der Waals surface area contributed by atoms with Gasteiger partial charge in [0.05, 0.1) is 11.4 Å². The molecule has 0 atom stereocenters. The second kappa shape index (κ2) is 11.3. The van der Waals surface area contributed by atoms with E-state index in [4.69, 9.17) is 4.42 Å². The lowest BCUT2D eigenvalue weighted by atomic mass is 9.81. The average molecular weight is 654 g/mol. The summed E-state index contributed by atoms with van der Waals surface area (Å²) in [7, 11) is 0. The molecule has 0 unspecified atom stereocenters. The minimum Gasteiger partial charge on any atom is -0.454 e. The van der Waals surface area contributed by atoms with E-state index in [1.165, 1.54) is 55.3 Å². The first-order chi connectivity index (χ1) is 25.1. The van der Waals surface area contributed by atoms with E-state index < -0.39 is 0 Å². The van der Waals surface area contributed by atoms with Gasteiger partial charge in [-0.2, -0.15) is 0 Å². The highest BCUT2D eigenvalue weighted by molar-refractivity contribution is 6.23. The predicted molar refractivity (Wildman–Crippen MR) is 214 cm³/mol. The molecule has 1 aromatic heterocycles. The van der Waals surface area contributed by atoms with Gasteiger partial charge in [0.25, 0.3) is 0 Å². The molecule has 1 aliphatic carbocycles. The second-order valence-corrected chi connectivity index (χ2v) is 14.1. The Morgan fingerprint density at radius 2 is 1.08 bits per heavy atom. The van der Waals surface area contributed by atoms with Crippen LogP contribution in [-0.4, -0.2) is 0 Å². The lowest BCUT2D eigenvalue weighted by Gasteiger charge is -2.31. The summed E-state index contributed by atoms with van der Waals surface area (Å²) in [5.74, 6) is 0. The smallest absolute Gasteiger partial charge is 0.160 e. The van der Waals surface area contributed by atoms with E-state index in [9.17, 15) is 0 Å². The van der Waals surface area contributed by atoms with Gasteiger partial charge in [-0.15, -0.1) is 0 Å². The van der Waals surface area contributed by atoms with Crippen LogP contribution in [0.2, 0.25) is 0 Å². The fourth-order valence-corrected chi connectivity index (χ4v) is 8.33. The molecule has 1 heterocycles. The van der Waals surface area contributed by atoms with Gasteiger partial charge in [-0.25, -0.2) is 0 Å². The van der Waals surface area contributed by atoms with Crippen LogP contribution in [0.3, 0.4) is 0 Å². The van der Waals surface area contributed by atoms with Crippen LogP contribution in [0.1, 0.15) is 25.0 Å². The Morgan fingerprint density at radius 1 is 0.451 bits per heavy atom. The Balaban J connectivity index is 1.32. The van der Waals surface area contributed by atoms with Gasteiger partial charge < -0.3 is 9.32 Å². The van der Waals surface area contributed by atoms with E-state index in [1.807, 2.05) is 0 Å². The van der Waals surface area contributed by atoms with Gasteiger partial charge in [0, 0.05) is 27.4 Å². The summed E-state index contributed by atoms with van der Waals surface area (Å²) in [5.41, 5.74) is 14.8. The molecule has 242 valence electrons. The summed E-state index contributed by atoms with van der Waals surface area (Å²) in [6.45, 7) is 4.71. The molecule has 51 heavy (non-hydrogen) atoms. The van der Waals surface area contributed by atoms with Gasteiger partial charge >= 0.3 is 0 Å². The van der Waals surface area contributed by atoms with Gasteiger partial charge in [0.1, 0.15) is 5.58 Å². The normalized spacial score (nSPS) is 13.1. The number of anilines is 3. The SMILES string of the molecule is CC1(C)c2ccccc2-c2cc(-c3ccccc3)c(N(c3ccc(-c4ccccc4)cc3)c3cc4ccccc4c4c3oc3ccccc34)cc21. The van der Waals surface area contributed by atoms with Crippen molar-refractivity contribution in [1.29, 1.82) is 0 Å². The molecule has 2 nitrogen and oxygen atoms in total. The van der Waals surface area contributed by atoms with Crippen molar-refractivity contribution in [3.8, 4) is 33.4 Å². The first-order valence-electron chi connectivity index (χ1n) is 17.7. The number of hydrogen-bond acceptors (Lipinski definition) is 2. The fraction of sp³-hybridized carbons (Fsp3) is 0.0612. The fourth-order valence-electron chi connectivity index (χ4n) is 8.33. The predicted octanol–water partition coefficient (Wildman–Crippen LogP) is 13.8. The summed E-state index contributed by atoms with van der Waals surface area (Å²) in [5, 5.41) is 4.63. The molecule has 1 aliphatic rings. The van der Waals surface area contributed by atoms with Crippen LogP contribution in [0.15, 0.2) is 180 Å². The van der Waals surface area contributed by atoms with E-state index in [1.54, 1.807) is 0 Å². The van der Waals surface area contributed by atoms with Crippen molar-refractivity contribution >= 4 is 49.8 Å². The van der Waals surface area contributed by atoms with Crippen LogP contribution < -0.4 is 4.90 Å². The van der Waals surface area contributed by atoms with Crippen molar-refractivity contribution in [3.63, 3.8) is 0 Å². The molecule has 0 amide bonds. The number of hydrogen-bond donors (Lipinski definition) is 0. The highest BCUT2D eigenvalue weighted by atomic mass is 16.3. The lowest BCUT2D eigenvalue weighted by Crippen LogP contribution is -2.17. The van der Waals surface area contributed by atoms with Crippen molar-refractivity contribution in [2.45, 2.75) is 19.3 Å². The van der Waals surface area contributed by atoms with Crippen molar-refractivity contribution in [2.75, 3.05) is 4.90 Å². The molecule has 0 radical (unpaired) electrons. The number of furan rings is 1. The Labute approximate surface area is 297 Å². The first kappa shape index (κ1) is 29.5. The van der Waals surface area contributed by atoms with Crippen LogP contribution in [0.25, 0.3) is 66.1 Å². The summed E-state index contributed by atoms with van der Waals surface area (Å²) in [6.07, 6.45) is 0. The summed E-state index contributed by atoms with van der Waals surface area (Å²) in [6, 6.07) is 63.6. The third kappa shape index (κ3) is 4.57. The average Bonchev–Trinajstić information content (AvgIpc) is 3.69. The minimum atomic E-state index is -0.170. The molecule has 9 aromatic rings. The molecule has 0 N–H and O–H groups in total. The maximum atomic E-state index is 6.90. The van der Waals surface area contributed by atoms with E-state index >= 15 is 0 Å². The van der Waals surface area contributed by atoms with Gasteiger partial charge in [0.15, 0.2) is 5.58 Å². The molecule has 0 fully saturated rings. The molecule has 8 aromatic carbocycles. The van der Waals surface area contributed by atoms with Gasteiger partial charge in [-0.05, 0) is 86.1 Å². The number of benzene rings is 8. The Morgan fingerprint density at radius 3 is 1.86 bits per heavy atom. The summed E-state index contributed by atoms with van der Waals surface area (Å²) in [4.78, 5) is 2.44. The molecule has 0 aliphatic heterocycles. The maximum Gasteiger partial charge on any atom is 0.160 e. The third-order valence-corrected chi connectivity index (χ3v) is 10.8. The van der Waals surface area contributed by atoms with Crippen LogP contribution in [0, 0.1) is 0 Å². The molecule has 0 saturated heterocycles. The zero-order valence-electron chi connectivity index (χ0n) is 28.6. The summed E-state index contributed by atoms with van der Waals surface area (Å²) >= 11 is 0. The van der Waals surface area contributed by atoms with Crippen molar-refractivity contribution in [1.82, 2.24) is 0 Å². The molecular weight excluding hydrogens is 619 g/mol. The van der Waals surface area contributed by atoms with Crippen LogP contribution >= 0.6 is 0 Å². The molecule has 0 spiro atoms. The van der Waals surface area contributed by atoms with Crippen molar-refractivity contribution < 1.29 is 4.42 Å². The molecular formula is C49H35NO. The standard InChI is InChI=1S/C49H35NO/c1-49(2)42-23-13-11-21-38(42)41-30-40(34-17-7-4-8-18-34)44(31-43(41)49)50(36-27-25-33(26-28-36)32-15-5-3-6-16-32)45-29-35-19-9-10-20-37(35)47-39-22-12-14-24-46(39)51-48(45)47/h3-31H,1-2H3. The molecule has 0 bridgehead atoms. The van der Waals surface area contributed by atoms with Crippen LogP contribution in [0.4, 0.5) is 17.1 Å². The van der Waals surface area contributed by atoms with Crippen molar-refractivity contribution in [2.24, 2.45) is 0 Å². The van der Waals surface area contributed by atoms with E-state index in [-0.39, 0.29) is 5.41 Å². The number of rotatable bonds is 5. The molecule has 10 rings (SSSR count). The number of fused-ring (bicyclic) bond motifs is 8. The maximum absolute atomic E-state index is 6.90. The van der Waals surface area contributed by atoms with Crippen LogP contribution in [0.5, 0.6) is 0 Å². The van der Waals surface area contributed by atoms with Crippen LogP contribution in [-0.2, 0) is 5.41 Å². The van der Waals surface area contributed by atoms with E-state index in [2.05, 4.69) is 195 Å². The monoisotopic (exact) mass is 653 g/mol. The number of para-hydroxylation sites is 1. The van der Waals surface area contributed by atoms with Crippen molar-refractivity contribution in [3.05, 3.63) is 187 Å². The Bertz CT molecular complexity index is 2760. The third-order valence-electron chi connectivity index (χ3n) is 10.8. The Hall–Kier alpha value is -6.38. The van der Waals surface area contributed by atoms with Gasteiger partial charge in [-0.1, -0.05) is 153 Å². The molecule has 0 saturated carbocycles. The molecule has 2 heteroatoms. The van der Waals surface area contributed by atoms with Gasteiger partial charge in [-0.3, -0.25) is 0 Å². The van der Waals surface area contributed by atoms with E-state index in [0.717, 1.165) is 39.0 Å². The second-order valence-electron chi connectivity index (χ2n) is 14.1. The highest BCUT2D eigenvalue weighted by Crippen LogP contribution is 2.54. The minimum absolute atomic E-state index is 0.170. The van der Waals surface area contributed by atoms with E-state index in [0.29, 0.717) is 0 Å². The van der Waals surface area contributed by atoms with Gasteiger partial charge in [0.2, 0.25) is 0 Å². The quantitative estimate of drug-likeness (QED) is 0.184. The lowest BCUT2D eigenvalue weighted by molar-refractivity contribution is 0.660. The first-order valence-corrected chi connectivity index (χ1v) is 17.7.